The molecule has 0 aliphatic carbocycles. The third kappa shape index (κ3) is 4.22. The normalized spacial score (nSPS) is 12.1. The van der Waals surface area contributed by atoms with Crippen molar-refractivity contribution in [3.8, 4) is 0 Å². The lowest BCUT2D eigenvalue weighted by Gasteiger charge is -2.26. The fourth-order valence-electron chi connectivity index (χ4n) is 3.33. The topological polar surface area (TPSA) is 55.3 Å². The number of aromatic nitrogens is 2. The maximum atomic E-state index is 13.8. The molecule has 1 aliphatic rings. The van der Waals surface area contributed by atoms with Crippen LogP contribution in [0.2, 0.25) is 0 Å². The summed E-state index contributed by atoms with van der Waals surface area (Å²) in [4.78, 5) is 22.9. The zero-order valence-electron chi connectivity index (χ0n) is 16.7. The van der Waals surface area contributed by atoms with Crippen molar-refractivity contribution in [1.29, 1.82) is 0 Å². The fourth-order valence-corrected chi connectivity index (χ4v) is 3.33. The van der Waals surface area contributed by atoms with Crippen molar-refractivity contribution in [2.24, 2.45) is 0 Å². The van der Waals surface area contributed by atoms with Crippen molar-refractivity contribution in [1.82, 2.24) is 9.97 Å². The lowest BCUT2D eigenvalue weighted by atomic mass is 10.1. The van der Waals surface area contributed by atoms with E-state index < -0.39 is 5.97 Å². The van der Waals surface area contributed by atoms with Gasteiger partial charge >= 0.3 is 5.97 Å². The number of para-hydroxylation sites is 1. The summed E-state index contributed by atoms with van der Waals surface area (Å²) in [5.74, 6) is -0.154. The van der Waals surface area contributed by atoms with E-state index in [9.17, 15) is 9.18 Å². The second kappa shape index (κ2) is 8.86. The highest BCUT2D eigenvalue weighted by Gasteiger charge is 2.20. The molecule has 6 heteroatoms. The van der Waals surface area contributed by atoms with Crippen LogP contribution in [0, 0.1) is 5.82 Å². The molecule has 0 atom stereocenters. The smallest absolute Gasteiger partial charge is 0.341 e. The molecule has 0 saturated heterocycles. The van der Waals surface area contributed by atoms with Crippen LogP contribution < -0.4 is 4.90 Å². The van der Waals surface area contributed by atoms with Gasteiger partial charge in [0, 0.05) is 29.3 Å². The van der Waals surface area contributed by atoms with Gasteiger partial charge in [0.15, 0.2) is 0 Å². The minimum absolute atomic E-state index is 0.286. The van der Waals surface area contributed by atoms with Gasteiger partial charge in [-0.05, 0) is 36.2 Å². The van der Waals surface area contributed by atoms with Gasteiger partial charge in [0.2, 0.25) is 0 Å². The Morgan fingerprint density at radius 3 is 2.57 bits per heavy atom. The summed E-state index contributed by atoms with van der Waals surface area (Å²) in [6.07, 6.45) is 8.65. The third-order valence-electron chi connectivity index (χ3n) is 4.92. The second-order valence-corrected chi connectivity index (χ2v) is 7.06. The summed E-state index contributed by atoms with van der Waals surface area (Å²) in [5, 5.41) is 0. The van der Waals surface area contributed by atoms with Crippen molar-refractivity contribution in [3.05, 3.63) is 83.2 Å². The molecule has 1 aromatic heterocycles. The molecule has 2 aromatic carbocycles. The first kappa shape index (κ1) is 19.8. The monoisotopic (exact) mass is 403 g/mol. The zero-order chi connectivity index (χ0) is 20.9. The fraction of sp³-hybridized carbons (Fsp3) is 0.208. The molecule has 0 radical (unpaired) electrons. The van der Waals surface area contributed by atoms with Gasteiger partial charge in [0.1, 0.15) is 11.6 Å². The Labute approximate surface area is 174 Å². The number of carbonyl (C=O) groups is 1. The Morgan fingerprint density at radius 2 is 1.77 bits per heavy atom. The van der Waals surface area contributed by atoms with Crippen LogP contribution in [0.5, 0.6) is 0 Å². The van der Waals surface area contributed by atoms with E-state index in [0.29, 0.717) is 24.5 Å². The number of hydrogen-bond acceptors (Lipinski definition) is 5. The molecule has 0 unspecified atom stereocenters. The third-order valence-corrected chi connectivity index (χ3v) is 4.92. The summed E-state index contributed by atoms with van der Waals surface area (Å²) in [7, 11) is 0. The quantitative estimate of drug-likeness (QED) is 0.408. The zero-order valence-corrected chi connectivity index (χ0v) is 16.7. The van der Waals surface area contributed by atoms with E-state index in [-0.39, 0.29) is 5.82 Å². The average Bonchev–Trinajstić information content (AvgIpc) is 2.91. The first-order valence-electron chi connectivity index (χ1n) is 9.98. The van der Waals surface area contributed by atoms with E-state index in [4.69, 9.17) is 4.74 Å². The molecule has 0 saturated carbocycles. The maximum Gasteiger partial charge on any atom is 0.341 e. The molecular formula is C24H22FN3O2. The van der Waals surface area contributed by atoms with Crippen LogP contribution in [0.1, 0.15) is 47.1 Å². The summed E-state index contributed by atoms with van der Waals surface area (Å²) >= 11 is 0. The van der Waals surface area contributed by atoms with E-state index in [1.807, 2.05) is 43.3 Å². The van der Waals surface area contributed by atoms with Crippen molar-refractivity contribution in [2.75, 3.05) is 11.5 Å². The highest BCUT2D eigenvalue weighted by Crippen LogP contribution is 2.37. The van der Waals surface area contributed by atoms with E-state index in [2.05, 4.69) is 14.9 Å². The first-order valence-corrected chi connectivity index (χ1v) is 9.98. The number of nitrogens with zero attached hydrogens (tertiary/aromatic N) is 3. The average molecular weight is 403 g/mol. The molecule has 0 bridgehead atoms. The molecule has 3 aromatic rings. The van der Waals surface area contributed by atoms with Gasteiger partial charge < -0.3 is 9.64 Å². The molecule has 152 valence electrons. The summed E-state index contributed by atoms with van der Waals surface area (Å²) in [5.41, 5.74) is 3.97. The Hall–Kier alpha value is -3.54. The molecular weight excluding hydrogens is 381 g/mol. The van der Waals surface area contributed by atoms with Crippen LogP contribution in [-0.2, 0) is 11.3 Å². The molecule has 0 N–H and O–H groups in total. The lowest BCUT2D eigenvalue weighted by molar-refractivity contribution is 0.0498. The molecule has 1 aliphatic heterocycles. The Balaban J connectivity index is 1.61. The standard InChI is InChI=1S/C24H22FN3O2/c1-2-3-12-30-24(29)19-14-26-23(27-15-19)16-28-21-7-5-4-6-17(21)8-9-18-13-20(25)10-11-22(18)28/h4-11,13-15H,2-3,12,16H2,1H3. The molecule has 0 amide bonds. The van der Waals surface area contributed by atoms with Crippen molar-refractivity contribution in [3.63, 3.8) is 0 Å². The van der Waals surface area contributed by atoms with E-state index >= 15 is 0 Å². The number of anilines is 2. The second-order valence-electron chi connectivity index (χ2n) is 7.06. The Bertz CT molecular complexity index is 1080. The highest BCUT2D eigenvalue weighted by atomic mass is 19.1. The molecule has 0 spiro atoms. The number of ether oxygens (including phenoxy) is 1. The summed E-state index contributed by atoms with van der Waals surface area (Å²) in [6, 6.07) is 12.7. The number of carbonyl (C=O) groups excluding carboxylic acids is 1. The first-order chi connectivity index (χ1) is 14.7. The van der Waals surface area contributed by atoms with Gasteiger partial charge in [0.25, 0.3) is 0 Å². The Morgan fingerprint density at radius 1 is 1.03 bits per heavy atom. The largest absolute Gasteiger partial charge is 0.462 e. The van der Waals surface area contributed by atoms with Crippen LogP contribution in [0.4, 0.5) is 15.8 Å². The number of rotatable bonds is 6. The minimum Gasteiger partial charge on any atom is -0.462 e. The summed E-state index contributed by atoms with van der Waals surface area (Å²) < 4.78 is 19.0. The lowest BCUT2D eigenvalue weighted by Crippen LogP contribution is -2.20. The molecule has 2 heterocycles. The van der Waals surface area contributed by atoms with Crippen LogP contribution in [-0.4, -0.2) is 22.5 Å². The number of benzene rings is 2. The van der Waals surface area contributed by atoms with Crippen LogP contribution >= 0.6 is 0 Å². The van der Waals surface area contributed by atoms with Gasteiger partial charge in [-0.15, -0.1) is 0 Å². The van der Waals surface area contributed by atoms with Gasteiger partial charge in [-0.25, -0.2) is 19.2 Å². The molecule has 4 rings (SSSR count). The highest BCUT2D eigenvalue weighted by molar-refractivity contribution is 5.89. The molecule has 0 fully saturated rings. The predicted octanol–water partition coefficient (Wildman–Crippen LogP) is 5.39. The van der Waals surface area contributed by atoms with Crippen molar-refractivity contribution in [2.45, 2.75) is 26.3 Å². The van der Waals surface area contributed by atoms with E-state index in [0.717, 1.165) is 35.3 Å². The van der Waals surface area contributed by atoms with E-state index in [1.165, 1.54) is 24.5 Å². The number of halogens is 1. The van der Waals surface area contributed by atoms with Crippen LogP contribution in [0.3, 0.4) is 0 Å². The van der Waals surface area contributed by atoms with Crippen molar-refractivity contribution >= 4 is 29.5 Å². The minimum atomic E-state index is -0.417. The number of hydrogen-bond donors (Lipinski definition) is 0. The van der Waals surface area contributed by atoms with Gasteiger partial charge in [-0.1, -0.05) is 43.7 Å². The van der Waals surface area contributed by atoms with E-state index in [1.54, 1.807) is 6.07 Å². The van der Waals surface area contributed by atoms with Crippen LogP contribution in [0.15, 0.2) is 54.9 Å². The van der Waals surface area contributed by atoms with Crippen molar-refractivity contribution < 1.29 is 13.9 Å². The molecule has 30 heavy (non-hydrogen) atoms. The van der Waals surface area contributed by atoms with Gasteiger partial charge in [0.05, 0.1) is 18.7 Å². The molecule has 5 nitrogen and oxygen atoms in total. The SMILES string of the molecule is CCCCOC(=O)c1cnc(CN2c3ccccc3C=Cc3cc(F)ccc32)nc1. The van der Waals surface area contributed by atoms with Gasteiger partial charge in [-0.2, -0.15) is 0 Å². The number of unbranched alkanes of at least 4 members (excludes halogenated alkanes) is 1. The van der Waals surface area contributed by atoms with Gasteiger partial charge in [-0.3, -0.25) is 0 Å². The van der Waals surface area contributed by atoms with Crippen LogP contribution in [0.25, 0.3) is 12.2 Å². The Kier molecular flexibility index (Phi) is 5.84. The summed E-state index contributed by atoms with van der Waals surface area (Å²) in [6.45, 7) is 2.80. The maximum absolute atomic E-state index is 13.8. The predicted molar refractivity (Wildman–Crippen MR) is 115 cm³/mol. The number of esters is 1. The number of fused-ring (bicyclic) bond motifs is 2.